The molecule has 106 valence electrons. The van der Waals surface area contributed by atoms with E-state index in [1.807, 2.05) is 13.8 Å². The van der Waals surface area contributed by atoms with Gasteiger partial charge in [0, 0.05) is 23.3 Å². The minimum absolute atomic E-state index is 0.105. The fourth-order valence-corrected chi connectivity index (χ4v) is 2.22. The average Bonchev–Trinajstić information content (AvgIpc) is 2.38. The van der Waals surface area contributed by atoms with Crippen molar-refractivity contribution in [2.75, 3.05) is 11.9 Å². The zero-order chi connectivity index (χ0) is 14.4. The topological polar surface area (TPSA) is 88.3 Å². The number of aliphatic hydroxyl groups excluding tert-OH is 1. The van der Waals surface area contributed by atoms with E-state index in [1.165, 1.54) is 12.3 Å². The third-order valence-electron chi connectivity index (χ3n) is 3.10. The summed E-state index contributed by atoms with van der Waals surface area (Å²) in [5.74, 6) is 0.361. The number of pyridine rings is 1. The molecule has 0 saturated heterocycles. The average molecular weight is 332 g/mol. The van der Waals surface area contributed by atoms with Crippen molar-refractivity contribution in [3.8, 4) is 0 Å². The lowest BCUT2D eigenvalue weighted by Gasteiger charge is -2.20. The third kappa shape index (κ3) is 4.43. The molecule has 1 aromatic heterocycles. The van der Waals surface area contributed by atoms with E-state index >= 15 is 0 Å². The largest absolute Gasteiger partial charge is 0.391 e. The van der Waals surface area contributed by atoms with Gasteiger partial charge in [0.1, 0.15) is 0 Å². The Kier molecular flexibility index (Phi) is 6.17. The van der Waals surface area contributed by atoms with Gasteiger partial charge in [-0.2, -0.15) is 0 Å². The lowest BCUT2D eigenvalue weighted by Crippen LogP contribution is -2.28. The van der Waals surface area contributed by atoms with Gasteiger partial charge in [-0.1, -0.05) is 26.7 Å². The van der Waals surface area contributed by atoms with Crippen molar-refractivity contribution in [3.05, 3.63) is 26.9 Å². The Morgan fingerprint density at radius 2 is 2.16 bits per heavy atom. The quantitative estimate of drug-likeness (QED) is 0.592. The molecule has 7 heteroatoms. The SMILES string of the molecule is CCC(CC)C(O)CNc1ncc(Br)cc1[N+](=O)[O-]. The molecule has 0 amide bonds. The molecule has 0 spiro atoms. The van der Waals surface area contributed by atoms with Crippen LogP contribution < -0.4 is 5.32 Å². The Morgan fingerprint density at radius 3 is 2.68 bits per heavy atom. The van der Waals surface area contributed by atoms with Crippen molar-refractivity contribution >= 4 is 27.4 Å². The van der Waals surface area contributed by atoms with Crippen LogP contribution in [0.2, 0.25) is 0 Å². The van der Waals surface area contributed by atoms with Gasteiger partial charge in [0.2, 0.25) is 5.82 Å². The molecule has 1 atom stereocenters. The second-order valence-corrected chi connectivity index (χ2v) is 5.22. The molecule has 0 bridgehead atoms. The van der Waals surface area contributed by atoms with Crippen molar-refractivity contribution in [3.63, 3.8) is 0 Å². The minimum atomic E-state index is -0.542. The van der Waals surface area contributed by atoms with E-state index in [1.54, 1.807) is 0 Å². The second kappa shape index (κ2) is 7.40. The Balaban J connectivity index is 2.75. The monoisotopic (exact) mass is 331 g/mol. The number of hydrogen-bond acceptors (Lipinski definition) is 5. The van der Waals surface area contributed by atoms with Crippen molar-refractivity contribution < 1.29 is 10.0 Å². The fourth-order valence-electron chi connectivity index (χ4n) is 1.90. The van der Waals surface area contributed by atoms with E-state index in [0.29, 0.717) is 4.47 Å². The number of aromatic nitrogens is 1. The van der Waals surface area contributed by atoms with E-state index in [0.717, 1.165) is 12.8 Å². The lowest BCUT2D eigenvalue weighted by molar-refractivity contribution is -0.384. The van der Waals surface area contributed by atoms with Crippen molar-refractivity contribution in [1.82, 2.24) is 4.98 Å². The maximum Gasteiger partial charge on any atom is 0.312 e. The number of nitrogens with one attached hydrogen (secondary N) is 1. The molecular formula is C12H18BrN3O3. The molecule has 0 saturated carbocycles. The molecule has 0 aliphatic rings. The molecule has 2 N–H and O–H groups in total. The first-order valence-electron chi connectivity index (χ1n) is 6.21. The predicted molar refractivity (Wildman–Crippen MR) is 77.2 cm³/mol. The van der Waals surface area contributed by atoms with Gasteiger partial charge in [0.25, 0.3) is 0 Å². The summed E-state index contributed by atoms with van der Waals surface area (Å²) in [5, 5.41) is 23.7. The number of rotatable bonds is 7. The Labute approximate surface area is 120 Å². The van der Waals surface area contributed by atoms with Crippen LogP contribution in [0.15, 0.2) is 16.7 Å². The Hall–Kier alpha value is -1.21. The molecule has 6 nitrogen and oxygen atoms in total. The normalized spacial score (nSPS) is 12.5. The molecular weight excluding hydrogens is 314 g/mol. The molecule has 19 heavy (non-hydrogen) atoms. The van der Waals surface area contributed by atoms with Gasteiger partial charge in [-0.25, -0.2) is 4.98 Å². The number of aliphatic hydroxyl groups is 1. The highest BCUT2D eigenvalue weighted by Gasteiger charge is 2.19. The highest BCUT2D eigenvalue weighted by Crippen LogP contribution is 2.25. The molecule has 1 rings (SSSR count). The standard InChI is InChI=1S/C12H18BrN3O3/c1-3-8(4-2)11(17)7-15-12-10(16(18)19)5-9(13)6-14-12/h5-6,8,11,17H,3-4,7H2,1-2H3,(H,14,15). The summed E-state index contributed by atoms with van der Waals surface area (Å²) in [6, 6.07) is 1.39. The van der Waals surface area contributed by atoms with Gasteiger partial charge in [-0.3, -0.25) is 10.1 Å². The maximum absolute atomic E-state index is 10.9. The summed E-state index contributed by atoms with van der Waals surface area (Å²) in [4.78, 5) is 14.4. The van der Waals surface area contributed by atoms with Gasteiger partial charge in [-0.05, 0) is 21.8 Å². The smallest absolute Gasteiger partial charge is 0.312 e. The maximum atomic E-state index is 10.9. The number of nitrogens with zero attached hydrogens (tertiary/aromatic N) is 2. The lowest BCUT2D eigenvalue weighted by atomic mass is 9.96. The zero-order valence-corrected chi connectivity index (χ0v) is 12.6. The van der Waals surface area contributed by atoms with Crippen LogP contribution >= 0.6 is 15.9 Å². The van der Waals surface area contributed by atoms with Crippen molar-refractivity contribution in [2.24, 2.45) is 5.92 Å². The van der Waals surface area contributed by atoms with Gasteiger partial charge in [0.05, 0.1) is 11.0 Å². The van der Waals surface area contributed by atoms with E-state index in [-0.39, 0.29) is 24.0 Å². The molecule has 0 aromatic carbocycles. The van der Waals surface area contributed by atoms with Gasteiger partial charge >= 0.3 is 5.69 Å². The summed E-state index contributed by atoms with van der Waals surface area (Å²) in [6.45, 7) is 4.28. The minimum Gasteiger partial charge on any atom is -0.391 e. The number of halogens is 1. The van der Waals surface area contributed by atoms with Crippen LogP contribution in [0, 0.1) is 16.0 Å². The molecule has 0 radical (unpaired) electrons. The van der Waals surface area contributed by atoms with Crippen LogP contribution in [0.5, 0.6) is 0 Å². The summed E-state index contributed by atoms with van der Waals surface area (Å²) in [7, 11) is 0. The summed E-state index contributed by atoms with van der Waals surface area (Å²) in [5.41, 5.74) is -0.105. The van der Waals surface area contributed by atoms with Gasteiger partial charge in [0.15, 0.2) is 0 Å². The highest BCUT2D eigenvalue weighted by molar-refractivity contribution is 9.10. The van der Waals surface area contributed by atoms with Gasteiger partial charge < -0.3 is 10.4 Å². The number of hydrogen-bond donors (Lipinski definition) is 2. The van der Waals surface area contributed by atoms with E-state index in [9.17, 15) is 15.2 Å². The van der Waals surface area contributed by atoms with Crippen LogP contribution in [0.1, 0.15) is 26.7 Å². The molecule has 0 fully saturated rings. The van der Waals surface area contributed by atoms with E-state index < -0.39 is 11.0 Å². The van der Waals surface area contributed by atoms with Crippen molar-refractivity contribution in [2.45, 2.75) is 32.8 Å². The van der Waals surface area contributed by atoms with Crippen LogP contribution in [0.4, 0.5) is 11.5 Å². The molecule has 1 heterocycles. The molecule has 1 aromatic rings. The fraction of sp³-hybridized carbons (Fsp3) is 0.583. The predicted octanol–water partition coefficient (Wildman–Crippen LogP) is 2.96. The summed E-state index contributed by atoms with van der Waals surface area (Å²) in [6.07, 6.45) is 2.68. The first-order valence-corrected chi connectivity index (χ1v) is 7.00. The molecule has 1 unspecified atom stereocenters. The van der Waals surface area contributed by atoms with Crippen LogP contribution in [-0.2, 0) is 0 Å². The number of anilines is 1. The highest BCUT2D eigenvalue weighted by atomic mass is 79.9. The number of nitro groups is 1. The molecule has 0 aliphatic carbocycles. The van der Waals surface area contributed by atoms with Crippen LogP contribution in [0.25, 0.3) is 0 Å². The van der Waals surface area contributed by atoms with Crippen LogP contribution in [-0.4, -0.2) is 27.7 Å². The molecule has 0 aliphatic heterocycles. The Bertz CT molecular complexity index is 438. The van der Waals surface area contributed by atoms with E-state index in [2.05, 4.69) is 26.2 Å². The van der Waals surface area contributed by atoms with E-state index in [4.69, 9.17) is 0 Å². The Morgan fingerprint density at radius 1 is 1.53 bits per heavy atom. The zero-order valence-electron chi connectivity index (χ0n) is 11.0. The first-order chi connectivity index (χ1) is 8.99. The summed E-state index contributed by atoms with van der Waals surface area (Å²) < 4.78 is 0.547. The van der Waals surface area contributed by atoms with Gasteiger partial charge in [-0.15, -0.1) is 0 Å². The third-order valence-corrected chi connectivity index (χ3v) is 3.54. The van der Waals surface area contributed by atoms with Crippen LogP contribution in [0.3, 0.4) is 0 Å². The summed E-state index contributed by atoms with van der Waals surface area (Å²) >= 11 is 3.15. The first kappa shape index (κ1) is 15.8. The van der Waals surface area contributed by atoms with Crippen molar-refractivity contribution in [1.29, 1.82) is 0 Å². The second-order valence-electron chi connectivity index (χ2n) is 4.30.